The third-order valence-electron chi connectivity index (χ3n) is 4.77. The zero-order chi connectivity index (χ0) is 20.0. The fraction of sp³-hybridized carbons (Fsp3) is 0.476. The molecule has 1 heterocycles. The van der Waals surface area contributed by atoms with E-state index < -0.39 is 0 Å². The number of allylic oxidation sites excluding steroid dienone is 3. The lowest BCUT2D eigenvalue weighted by Crippen LogP contribution is -2.37. The first-order chi connectivity index (χ1) is 12.8. The Balaban J connectivity index is 1.88. The number of likely N-dealkylation sites (tertiary alicyclic amines) is 1. The summed E-state index contributed by atoms with van der Waals surface area (Å²) >= 11 is 0. The van der Waals surface area contributed by atoms with Crippen LogP contribution in [0.15, 0.2) is 41.7 Å². The molecule has 1 unspecified atom stereocenters. The maximum Gasteiger partial charge on any atom is 0.260 e. The van der Waals surface area contributed by atoms with Gasteiger partial charge in [0.15, 0.2) is 6.61 Å². The summed E-state index contributed by atoms with van der Waals surface area (Å²) in [5, 5.41) is 8.97. The molecule has 148 valence electrons. The zero-order valence-corrected chi connectivity index (χ0v) is 16.5. The number of halogens is 1. The van der Waals surface area contributed by atoms with Crippen molar-refractivity contribution in [2.45, 2.75) is 33.2 Å². The third-order valence-corrected chi connectivity index (χ3v) is 4.77. The Kier molecular flexibility index (Phi) is 7.42. The molecule has 0 bridgehead atoms. The lowest BCUT2D eigenvalue weighted by atomic mass is 10.1. The number of aryl methyl sites for hydroxylation is 1. The summed E-state index contributed by atoms with van der Waals surface area (Å²) in [5.74, 6) is 0.320. The van der Waals surface area contributed by atoms with Crippen LogP contribution in [0.3, 0.4) is 0 Å². The molecule has 0 aliphatic carbocycles. The quantitative estimate of drug-likeness (QED) is 0.587. The standard InChI is InChI=1S/C21H29FN2O3/c1-15(13-25)5-6-17(3)27-14-21(26)24-8-7-19(12-24)23(4)20-10-16(2)9-18(22)11-20/h5-6,9-11,19,25H,7-8,12-14H2,1-4H3/b15-5+,17-6+. The Morgan fingerprint density at radius 1 is 1.37 bits per heavy atom. The van der Waals surface area contributed by atoms with Gasteiger partial charge in [0.25, 0.3) is 5.91 Å². The van der Waals surface area contributed by atoms with E-state index in [-0.39, 0.29) is 31.0 Å². The number of carbonyl (C=O) groups excluding carboxylic acids is 1. The number of aliphatic hydroxyl groups excluding tert-OH is 1. The molecule has 0 radical (unpaired) electrons. The average molecular weight is 376 g/mol. The Morgan fingerprint density at radius 3 is 2.78 bits per heavy atom. The van der Waals surface area contributed by atoms with Gasteiger partial charge in [0.05, 0.1) is 12.4 Å². The number of anilines is 1. The van der Waals surface area contributed by atoms with E-state index in [1.807, 2.05) is 31.9 Å². The number of likely N-dealkylation sites (N-methyl/N-ethyl adjacent to an activating group) is 1. The molecular formula is C21H29FN2O3. The van der Waals surface area contributed by atoms with Gasteiger partial charge in [-0.15, -0.1) is 0 Å². The largest absolute Gasteiger partial charge is 0.488 e. The zero-order valence-electron chi connectivity index (χ0n) is 16.5. The van der Waals surface area contributed by atoms with E-state index >= 15 is 0 Å². The number of ether oxygens (including phenoxy) is 1. The van der Waals surface area contributed by atoms with Crippen LogP contribution in [0.2, 0.25) is 0 Å². The van der Waals surface area contributed by atoms with Crippen molar-refractivity contribution < 1.29 is 19.0 Å². The molecule has 27 heavy (non-hydrogen) atoms. The second-order valence-electron chi connectivity index (χ2n) is 7.12. The van der Waals surface area contributed by atoms with Crippen LogP contribution < -0.4 is 4.90 Å². The molecule has 1 aliphatic rings. The molecule has 1 N–H and O–H groups in total. The summed E-state index contributed by atoms with van der Waals surface area (Å²) in [6.45, 7) is 6.71. The molecule has 1 aromatic rings. The minimum Gasteiger partial charge on any atom is -0.488 e. The first kappa shape index (κ1) is 21.0. The topological polar surface area (TPSA) is 53.0 Å². The van der Waals surface area contributed by atoms with Crippen LogP contribution in [0, 0.1) is 12.7 Å². The number of amides is 1. The highest BCUT2D eigenvalue weighted by molar-refractivity contribution is 5.78. The lowest BCUT2D eigenvalue weighted by molar-refractivity contribution is -0.133. The molecule has 0 saturated carbocycles. The summed E-state index contributed by atoms with van der Waals surface area (Å²) < 4.78 is 19.2. The van der Waals surface area contributed by atoms with Gasteiger partial charge in [-0.1, -0.05) is 6.08 Å². The monoisotopic (exact) mass is 376 g/mol. The maximum atomic E-state index is 13.7. The van der Waals surface area contributed by atoms with E-state index in [0.29, 0.717) is 18.8 Å². The van der Waals surface area contributed by atoms with Crippen molar-refractivity contribution in [3.63, 3.8) is 0 Å². The Labute approximate surface area is 160 Å². The van der Waals surface area contributed by atoms with Gasteiger partial charge in [0.2, 0.25) is 0 Å². The number of hydrogen-bond donors (Lipinski definition) is 1. The van der Waals surface area contributed by atoms with Crippen molar-refractivity contribution in [3.8, 4) is 0 Å². The van der Waals surface area contributed by atoms with Gasteiger partial charge in [-0.05, 0) is 62.6 Å². The minimum absolute atomic E-state index is 0.00374. The van der Waals surface area contributed by atoms with E-state index in [0.717, 1.165) is 23.2 Å². The van der Waals surface area contributed by atoms with Crippen molar-refractivity contribution in [2.75, 3.05) is 38.3 Å². The maximum absolute atomic E-state index is 13.7. The van der Waals surface area contributed by atoms with Gasteiger partial charge >= 0.3 is 0 Å². The molecule has 2 rings (SSSR count). The molecule has 1 atom stereocenters. The van der Waals surface area contributed by atoms with Gasteiger partial charge in [-0.25, -0.2) is 4.39 Å². The number of hydrogen-bond acceptors (Lipinski definition) is 4. The lowest BCUT2D eigenvalue weighted by Gasteiger charge is -2.27. The van der Waals surface area contributed by atoms with Crippen molar-refractivity contribution in [1.29, 1.82) is 0 Å². The van der Waals surface area contributed by atoms with Crippen molar-refractivity contribution in [2.24, 2.45) is 0 Å². The van der Waals surface area contributed by atoms with E-state index in [1.165, 1.54) is 12.1 Å². The third kappa shape index (κ3) is 6.10. The van der Waals surface area contributed by atoms with Gasteiger partial charge in [0, 0.05) is 31.9 Å². The molecule has 1 amide bonds. The first-order valence-corrected chi connectivity index (χ1v) is 9.15. The molecule has 6 heteroatoms. The summed E-state index contributed by atoms with van der Waals surface area (Å²) in [6, 6.07) is 5.14. The molecule has 1 aliphatic heterocycles. The number of benzene rings is 1. The average Bonchev–Trinajstić information content (AvgIpc) is 3.12. The second-order valence-corrected chi connectivity index (χ2v) is 7.12. The van der Waals surface area contributed by atoms with Gasteiger partial charge in [-0.2, -0.15) is 0 Å². The SMILES string of the molecule is C/C(=C\C=C(/C)OCC(=O)N1CCC(N(C)c2cc(C)cc(F)c2)C1)CO. The predicted molar refractivity (Wildman–Crippen MR) is 105 cm³/mol. The van der Waals surface area contributed by atoms with E-state index in [9.17, 15) is 9.18 Å². The van der Waals surface area contributed by atoms with Crippen LogP contribution in [0.1, 0.15) is 25.8 Å². The van der Waals surface area contributed by atoms with Crippen LogP contribution in [0.25, 0.3) is 0 Å². The second kappa shape index (κ2) is 9.55. The molecule has 1 aromatic carbocycles. The van der Waals surface area contributed by atoms with Crippen LogP contribution >= 0.6 is 0 Å². The van der Waals surface area contributed by atoms with Crippen LogP contribution in [0.5, 0.6) is 0 Å². The van der Waals surface area contributed by atoms with Crippen LogP contribution in [-0.4, -0.2) is 55.3 Å². The Bertz CT molecular complexity index is 710. The molecule has 1 fully saturated rings. The van der Waals surface area contributed by atoms with Crippen molar-refractivity contribution >= 4 is 11.6 Å². The van der Waals surface area contributed by atoms with Crippen LogP contribution in [-0.2, 0) is 9.53 Å². The summed E-state index contributed by atoms with van der Waals surface area (Å²) in [7, 11) is 1.94. The van der Waals surface area contributed by atoms with Crippen LogP contribution in [0.4, 0.5) is 10.1 Å². The Hall–Kier alpha value is -2.34. The molecule has 5 nitrogen and oxygen atoms in total. The molecular weight excluding hydrogens is 347 g/mol. The fourth-order valence-corrected chi connectivity index (χ4v) is 3.04. The molecule has 1 saturated heterocycles. The Morgan fingerprint density at radius 2 is 2.11 bits per heavy atom. The first-order valence-electron chi connectivity index (χ1n) is 9.15. The smallest absolute Gasteiger partial charge is 0.260 e. The highest BCUT2D eigenvalue weighted by Crippen LogP contribution is 2.23. The molecule has 0 spiro atoms. The summed E-state index contributed by atoms with van der Waals surface area (Å²) in [5.41, 5.74) is 2.53. The highest BCUT2D eigenvalue weighted by Gasteiger charge is 2.29. The van der Waals surface area contributed by atoms with E-state index in [1.54, 1.807) is 24.0 Å². The normalized spacial score (nSPS) is 18.0. The van der Waals surface area contributed by atoms with Gasteiger partial charge < -0.3 is 19.6 Å². The number of aliphatic hydroxyl groups is 1. The number of rotatable bonds is 7. The van der Waals surface area contributed by atoms with E-state index in [4.69, 9.17) is 9.84 Å². The summed E-state index contributed by atoms with van der Waals surface area (Å²) in [6.07, 6.45) is 4.35. The molecule has 0 aromatic heterocycles. The summed E-state index contributed by atoms with van der Waals surface area (Å²) in [4.78, 5) is 16.2. The van der Waals surface area contributed by atoms with Crippen molar-refractivity contribution in [3.05, 3.63) is 53.1 Å². The number of nitrogens with zero attached hydrogens (tertiary/aromatic N) is 2. The van der Waals surface area contributed by atoms with Gasteiger partial charge in [-0.3, -0.25) is 4.79 Å². The highest BCUT2D eigenvalue weighted by atomic mass is 19.1. The van der Waals surface area contributed by atoms with Crippen molar-refractivity contribution in [1.82, 2.24) is 4.90 Å². The number of carbonyl (C=O) groups is 1. The minimum atomic E-state index is -0.246. The van der Waals surface area contributed by atoms with E-state index in [2.05, 4.69) is 0 Å². The predicted octanol–water partition coefficient (Wildman–Crippen LogP) is 3.03. The fourth-order valence-electron chi connectivity index (χ4n) is 3.04. The van der Waals surface area contributed by atoms with Gasteiger partial charge in [0.1, 0.15) is 5.82 Å².